The Bertz CT molecular complexity index is 1230. The van der Waals surface area contributed by atoms with Gasteiger partial charge in [0, 0.05) is 16.3 Å². The first-order valence-corrected chi connectivity index (χ1v) is 11.7. The molecule has 1 heterocycles. The molecule has 4 aromatic rings. The second kappa shape index (κ2) is 10.4. The van der Waals surface area contributed by atoms with Gasteiger partial charge in [0.25, 0.3) is 5.91 Å². The summed E-state index contributed by atoms with van der Waals surface area (Å²) in [6, 6.07) is 24.2. The van der Waals surface area contributed by atoms with Crippen LogP contribution >= 0.6 is 34.7 Å². The summed E-state index contributed by atoms with van der Waals surface area (Å²) in [5.41, 5.74) is 3.28. The highest BCUT2D eigenvalue weighted by molar-refractivity contribution is 8.01. The second-order valence-electron chi connectivity index (χ2n) is 6.62. The average molecular weight is 481 g/mol. The molecular formula is C23H17ClN4O2S2. The number of nitrogens with zero attached hydrogens (tertiary/aromatic N) is 2. The van der Waals surface area contributed by atoms with Crippen molar-refractivity contribution in [3.8, 4) is 11.1 Å². The van der Waals surface area contributed by atoms with Gasteiger partial charge in [-0.05, 0) is 41.5 Å². The van der Waals surface area contributed by atoms with E-state index in [4.69, 9.17) is 11.6 Å². The number of hydrogen-bond donors (Lipinski definition) is 2. The molecule has 0 radical (unpaired) electrons. The zero-order valence-corrected chi connectivity index (χ0v) is 19.0. The van der Waals surface area contributed by atoms with Gasteiger partial charge in [0.1, 0.15) is 0 Å². The maximum Gasteiger partial charge on any atom is 0.257 e. The van der Waals surface area contributed by atoms with Gasteiger partial charge in [-0.25, -0.2) is 0 Å². The minimum absolute atomic E-state index is 0.163. The molecule has 2 amide bonds. The SMILES string of the molecule is O=C(CSc1nnc(NC(=O)c2ccc(-c3ccccc3)cc2)s1)Nc1cccc(Cl)c1. The lowest BCUT2D eigenvalue weighted by Gasteiger charge is -2.04. The molecule has 1 aromatic heterocycles. The van der Waals surface area contributed by atoms with Gasteiger partial charge >= 0.3 is 0 Å². The molecule has 0 fully saturated rings. The molecule has 0 saturated heterocycles. The van der Waals surface area contributed by atoms with Crippen LogP contribution in [0.15, 0.2) is 83.2 Å². The van der Waals surface area contributed by atoms with Gasteiger partial charge in [0.05, 0.1) is 5.75 Å². The molecule has 0 atom stereocenters. The second-order valence-corrected chi connectivity index (χ2v) is 9.25. The third-order valence-corrected chi connectivity index (χ3v) is 6.52. The lowest BCUT2D eigenvalue weighted by Crippen LogP contribution is -2.13. The Hall–Kier alpha value is -3.20. The minimum Gasteiger partial charge on any atom is -0.325 e. The number of benzene rings is 3. The highest BCUT2D eigenvalue weighted by Gasteiger charge is 2.12. The van der Waals surface area contributed by atoms with E-state index < -0.39 is 0 Å². The summed E-state index contributed by atoms with van der Waals surface area (Å²) in [7, 11) is 0. The third kappa shape index (κ3) is 5.94. The van der Waals surface area contributed by atoms with Gasteiger partial charge in [-0.2, -0.15) is 0 Å². The van der Waals surface area contributed by atoms with Crippen LogP contribution in [0.1, 0.15) is 10.4 Å². The van der Waals surface area contributed by atoms with Crippen molar-refractivity contribution < 1.29 is 9.59 Å². The third-order valence-electron chi connectivity index (χ3n) is 4.32. The summed E-state index contributed by atoms with van der Waals surface area (Å²) in [5, 5.41) is 14.5. The molecule has 2 N–H and O–H groups in total. The zero-order valence-electron chi connectivity index (χ0n) is 16.6. The zero-order chi connectivity index (χ0) is 22.3. The molecule has 0 spiro atoms. The summed E-state index contributed by atoms with van der Waals surface area (Å²) in [6.07, 6.45) is 0. The predicted octanol–water partition coefficient (Wildman–Crippen LogP) is 5.84. The Balaban J connectivity index is 1.30. The Morgan fingerprint density at radius 3 is 2.38 bits per heavy atom. The van der Waals surface area contributed by atoms with Crippen molar-refractivity contribution in [3.05, 3.63) is 89.4 Å². The van der Waals surface area contributed by atoms with Gasteiger partial charge in [0.2, 0.25) is 11.0 Å². The molecule has 0 aliphatic heterocycles. The first kappa shape index (κ1) is 22.0. The van der Waals surface area contributed by atoms with Crippen molar-refractivity contribution in [2.75, 3.05) is 16.4 Å². The highest BCUT2D eigenvalue weighted by atomic mass is 35.5. The highest BCUT2D eigenvalue weighted by Crippen LogP contribution is 2.26. The number of thioether (sulfide) groups is 1. The molecule has 0 saturated carbocycles. The number of anilines is 2. The van der Waals surface area contributed by atoms with Crippen LogP contribution in [0, 0.1) is 0 Å². The van der Waals surface area contributed by atoms with Gasteiger partial charge in [0.15, 0.2) is 4.34 Å². The molecule has 0 aliphatic carbocycles. The topological polar surface area (TPSA) is 84.0 Å². The predicted molar refractivity (Wildman–Crippen MR) is 131 cm³/mol. The summed E-state index contributed by atoms with van der Waals surface area (Å²) in [4.78, 5) is 24.6. The van der Waals surface area contributed by atoms with Crippen molar-refractivity contribution in [2.45, 2.75) is 4.34 Å². The van der Waals surface area contributed by atoms with Crippen molar-refractivity contribution in [3.63, 3.8) is 0 Å². The van der Waals surface area contributed by atoms with E-state index in [-0.39, 0.29) is 17.6 Å². The van der Waals surface area contributed by atoms with Gasteiger partial charge in [-0.15, -0.1) is 10.2 Å². The number of halogens is 1. The Morgan fingerprint density at radius 1 is 0.875 bits per heavy atom. The Kier molecular flexibility index (Phi) is 7.16. The molecule has 0 unspecified atom stereocenters. The summed E-state index contributed by atoms with van der Waals surface area (Å²) >= 11 is 8.38. The number of aromatic nitrogens is 2. The van der Waals surface area contributed by atoms with E-state index in [0.717, 1.165) is 11.1 Å². The number of hydrogen-bond acceptors (Lipinski definition) is 6. The average Bonchev–Trinajstić information content (AvgIpc) is 3.26. The fraction of sp³-hybridized carbons (Fsp3) is 0.0435. The molecule has 3 aromatic carbocycles. The number of carbonyl (C=O) groups is 2. The van der Waals surface area contributed by atoms with E-state index in [2.05, 4.69) is 20.8 Å². The maximum absolute atomic E-state index is 12.5. The van der Waals surface area contributed by atoms with Crippen LogP contribution in [-0.2, 0) is 4.79 Å². The number of carbonyl (C=O) groups excluding carboxylic acids is 2. The van der Waals surface area contributed by atoms with Crippen LogP contribution in [0.25, 0.3) is 11.1 Å². The monoisotopic (exact) mass is 480 g/mol. The van der Waals surface area contributed by atoms with E-state index in [0.29, 0.717) is 25.7 Å². The maximum atomic E-state index is 12.5. The molecule has 6 nitrogen and oxygen atoms in total. The molecule has 160 valence electrons. The lowest BCUT2D eigenvalue weighted by atomic mass is 10.0. The van der Waals surface area contributed by atoms with Crippen LogP contribution in [0.5, 0.6) is 0 Å². The first-order chi connectivity index (χ1) is 15.6. The number of amides is 2. The smallest absolute Gasteiger partial charge is 0.257 e. The van der Waals surface area contributed by atoms with E-state index in [9.17, 15) is 9.59 Å². The summed E-state index contributed by atoms with van der Waals surface area (Å²) in [6.45, 7) is 0. The normalized spacial score (nSPS) is 10.5. The van der Waals surface area contributed by atoms with Gasteiger partial charge in [-0.1, -0.05) is 83.2 Å². The van der Waals surface area contributed by atoms with Gasteiger partial charge in [-0.3, -0.25) is 14.9 Å². The van der Waals surface area contributed by atoms with Crippen LogP contribution < -0.4 is 10.6 Å². The van der Waals surface area contributed by atoms with E-state index in [1.165, 1.54) is 23.1 Å². The first-order valence-electron chi connectivity index (χ1n) is 9.55. The fourth-order valence-corrected chi connectivity index (χ4v) is 4.56. The summed E-state index contributed by atoms with van der Waals surface area (Å²) in [5.74, 6) is -0.289. The van der Waals surface area contributed by atoms with Crippen LogP contribution in [-0.4, -0.2) is 27.8 Å². The quantitative estimate of drug-likeness (QED) is 0.256. The molecule has 0 bridgehead atoms. The van der Waals surface area contributed by atoms with Gasteiger partial charge < -0.3 is 5.32 Å². The Labute approximate surface area is 198 Å². The van der Waals surface area contributed by atoms with Crippen molar-refractivity contribution in [1.29, 1.82) is 0 Å². The lowest BCUT2D eigenvalue weighted by molar-refractivity contribution is -0.113. The molecule has 0 aliphatic rings. The molecule has 32 heavy (non-hydrogen) atoms. The fourth-order valence-electron chi connectivity index (χ4n) is 2.82. The van der Waals surface area contributed by atoms with Crippen LogP contribution in [0.4, 0.5) is 10.8 Å². The minimum atomic E-state index is -0.268. The Morgan fingerprint density at radius 2 is 1.62 bits per heavy atom. The molecule has 9 heteroatoms. The summed E-state index contributed by atoms with van der Waals surface area (Å²) < 4.78 is 0.584. The molecule has 4 rings (SSSR count). The van der Waals surface area contributed by atoms with E-state index in [1.54, 1.807) is 36.4 Å². The molecular weight excluding hydrogens is 464 g/mol. The number of nitrogens with one attached hydrogen (secondary N) is 2. The van der Waals surface area contributed by atoms with Crippen molar-refractivity contribution >= 4 is 57.3 Å². The number of rotatable bonds is 7. The van der Waals surface area contributed by atoms with E-state index in [1.807, 2.05) is 42.5 Å². The van der Waals surface area contributed by atoms with Crippen LogP contribution in [0.3, 0.4) is 0 Å². The van der Waals surface area contributed by atoms with Crippen molar-refractivity contribution in [2.24, 2.45) is 0 Å². The standard InChI is InChI=1S/C23H17ClN4O2S2/c24-18-7-4-8-19(13-18)25-20(29)14-31-23-28-27-22(32-23)26-21(30)17-11-9-16(10-12-17)15-5-2-1-3-6-15/h1-13H,14H2,(H,25,29)(H,26,27,30). The largest absolute Gasteiger partial charge is 0.325 e. The van der Waals surface area contributed by atoms with Crippen molar-refractivity contribution in [1.82, 2.24) is 10.2 Å². The van der Waals surface area contributed by atoms with Crippen LogP contribution in [0.2, 0.25) is 5.02 Å². The van der Waals surface area contributed by atoms with E-state index >= 15 is 0 Å².